The van der Waals surface area contributed by atoms with E-state index in [1.165, 1.54) is 0 Å². The molecule has 1 atom stereocenters. The third-order valence-electron chi connectivity index (χ3n) is 2.40. The van der Waals surface area contributed by atoms with Gasteiger partial charge in [-0.25, -0.2) is 9.89 Å². The van der Waals surface area contributed by atoms with Crippen LogP contribution in [0, 0.1) is 0 Å². The molecule has 8 heteroatoms. The minimum absolute atomic E-state index is 0.0990. The summed E-state index contributed by atoms with van der Waals surface area (Å²) in [5.74, 6) is 0.0990. The average Bonchev–Trinajstić information content (AvgIpc) is 2.29. The van der Waals surface area contributed by atoms with E-state index in [-0.39, 0.29) is 18.5 Å². The maximum atomic E-state index is 11.5. The number of aromatic nitrogens is 3. The highest BCUT2D eigenvalue weighted by Gasteiger charge is 2.25. The Morgan fingerprint density at radius 1 is 1.56 bits per heavy atom. The van der Waals surface area contributed by atoms with Gasteiger partial charge in [0.25, 0.3) is 5.56 Å². The minimum atomic E-state index is -0.650. The van der Waals surface area contributed by atoms with Gasteiger partial charge in [-0.15, -0.1) is 5.10 Å². The van der Waals surface area contributed by atoms with Crippen LogP contribution in [0.5, 0.6) is 0 Å². The zero-order valence-corrected chi connectivity index (χ0v) is 8.47. The number of aliphatic hydroxyl groups is 1. The van der Waals surface area contributed by atoms with Crippen molar-refractivity contribution in [2.24, 2.45) is 0 Å². The second-order valence-electron chi connectivity index (χ2n) is 3.44. The number of aromatic amines is 2. The van der Waals surface area contributed by atoms with Crippen molar-refractivity contribution in [2.75, 3.05) is 31.3 Å². The molecule has 1 unspecified atom stereocenters. The van der Waals surface area contributed by atoms with Gasteiger partial charge in [0.2, 0.25) is 5.82 Å². The first-order chi connectivity index (χ1) is 7.72. The predicted molar refractivity (Wildman–Crippen MR) is 54.5 cm³/mol. The zero-order valence-electron chi connectivity index (χ0n) is 8.47. The standard InChI is InChI=1S/C8H12N4O4/c13-3-5-4-16-2-1-12(5)6-7(14)9-8(15)11-10-6/h5,13H,1-4H2,(H2,9,11,14,15). The average molecular weight is 228 g/mol. The molecular formula is C8H12N4O4. The summed E-state index contributed by atoms with van der Waals surface area (Å²) in [6.45, 7) is 1.10. The van der Waals surface area contributed by atoms with Gasteiger partial charge in [0.15, 0.2) is 0 Å². The van der Waals surface area contributed by atoms with Gasteiger partial charge in [-0.2, -0.15) is 0 Å². The van der Waals surface area contributed by atoms with Crippen LogP contribution in [0.2, 0.25) is 0 Å². The van der Waals surface area contributed by atoms with Crippen LogP contribution < -0.4 is 16.1 Å². The van der Waals surface area contributed by atoms with Gasteiger partial charge in [0.1, 0.15) is 0 Å². The minimum Gasteiger partial charge on any atom is -0.394 e. The third-order valence-corrected chi connectivity index (χ3v) is 2.40. The first-order valence-electron chi connectivity index (χ1n) is 4.86. The summed E-state index contributed by atoms with van der Waals surface area (Å²) >= 11 is 0. The number of nitrogens with one attached hydrogen (secondary N) is 2. The molecule has 3 N–H and O–H groups in total. The van der Waals surface area contributed by atoms with Crippen LogP contribution >= 0.6 is 0 Å². The number of H-pyrrole nitrogens is 2. The predicted octanol–water partition coefficient (Wildman–Crippen LogP) is -2.34. The highest BCUT2D eigenvalue weighted by atomic mass is 16.5. The molecule has 0 bridgehead atoms. The molecule has 1 aliphatic rings. The molecule has 1 aliphatic heterocycles. The summed E-state index contributed by atoms with van der Waals surface area (Å²) in [5, 5.41) is 15.0. The number of nitrogens with zero attached hydrogens (tertiary/aromatic N) is 2. The molecule has 1 aromatic heterocycles. The second-order valence-corrected chi connectivity index (χ2v) is 3.44. The summed E-state index contributed by atoms with van der Waals surface area (Å²) in [6.07, 6.45) is 0. The van der Waals surface area contributed by atoms with Crippen molar-refractivity contribution in [1.82, 2.24) is 15.2 Å². The Morgan fingerprint density at radius 2 is 2.38 bits per heavy atom. The second kappa shape index (κ2) is 4.45. The third kappa shape index (κ3) is 1.97. The number of ether oxygens (including phenoxy) is 1. The van der Waals surface area contributed by atoms with E-state index in [4.69, 9.17) is 9.84 Å². The zero-order chi connectivity index (χ0) is 11.5. The Bertz CT molecular complexity index is 468. The van der Waals surface area contributed by atoms with E-state index in [2.05, 4.69) is 15.2 Å². The molecular weight excluding hydrogens is 216 g/mol. The van der Waals surface area contributed by atoms with Crippen molar-refractivity contribution in [3.05, 3.63) is 20.8 Å². The van der Waals surface area contributed by atoms with E-state index < -0.39 is 11.2 Å². The van der Waals surface area contributed by atoms with E-state index in [0.29, 0.717) is 19.8 Å². The van der Waals surface area contributed by atoms with Gasteiger partial charge < -0.3 is 14.7 Å². The van der Waals surface area contributed by atoms with Crippen molar-refractivity contribution < 1.29 is 9.84 Å². The molecule has 88 valence electrons. The maximum Gasteiger partial charge on any atom is 0.342 e. The molecule has 0 amide bonds. The van der Waals surface area contributed by atoms with Crippen LogP contribution in [-0.4, -0.2) is 52.7 Å². The fourth-order valence-corrected chi connectivity index (χ4v) is 1.62. The molecule has 0 spiro atoms. The first-order valence-corrected chi connectivity index (χ1v) is 4.86. The smallest absolute Gasteiger partial charge is 0.342 e. The molecule has 0 aliphatic carbocycles. The summed E-state index contributed by atoms with van der Waals surface area (Å²) in [7, 11) is 0. The fourth-order valence-electron chi connectivity index (χ4n) is 1.62. The van der Waals surface area contributed by atoms with Crippen LogP contribution in [0.25, 0.3) is 0 Å². The summed E-state index contributed by atoms with van der Waals surface area (Å²) < 4.78 is 5.17. The lowest BCUT2D eigenvalue weighted by atomic mass is 10.2. The van der Waals surface area contributed by atoms with E-state index in [1.807, 2.05) is 0 Å². The Morgan fingerprint density at radius 3 is 3.06 bits per heavy atom. The topological polar surface area (TPSA) is 111 Å². The van der Waals surface area contributed by atoms with E-state index >= 15 is 0 Å². The molecule has 1 aromatic rings. The summed E-state index contributed by atoms with van der Waals surface area (Å²) in [4.78, 5) is 26.0. The van der Waals surface area contributed by atoms with Crippen molar-refractivity contribution in [3.63, 3.8) is 0 Å². The number of morpholine rings is 1. The molecule has 1 fully saturated rings. The summed E-state index contributed by atoms with van der Waals surface area (Å²) in [6, 6.07) is -0.312. The van der Waals surface area contributed by atoms with Crippen molar-refractivity contribution in [2.45, 2.75) is 6.04 Å². The molecule has 0 aromatic carbocycles. The molecule has 16 heavy (non-hydrogen) atoms. The Labute approximate surface area is 89.9 Å². The monoisotopic (exact) mass is 228 g/mol. The van der Waals surface area contributed by atoms with Gasteiger partial charge in [0, 0.05) is 6.54 Å². The molecule has 1 saturated heterocycles. The SMILES string of the molecule is O=c1[nH]nc(N2CCOCC2CO)c(=O)[nH]1. The maximum absolute atomic E-state index is 11.5. The van der Waals surface area contributed by atoms with Crippen molar-refractivity contribution >= 4 is 5.82 Å². The van der Waals surface area contributed by atoms with E-state index in [9.17, 15) is 9.59 Å². The molecule has 8 nitrogen and oxygen atoms in total. The first kappa shape index (κ1) is 10.8. The molecule has 2 rings (SSSR count). The molecule has 2 heterocycles. The van der Waals surface area contributed by atoms with Gasteiger partial charge in [-0.1, -0.05) is 0 Å². The lowest BCUT2D eigenvalue weighted by molar-refractivity contribution is 0.0720. The van der Waals surface area contributed by atoms with Crippen LogP contribution in [-0.2, 0) is 4.74 Å². The van der Waals surface area contributed by atoms with Gasteiger partial charge >= 0.3 is 5.69 Å². The quantitative estimate of drug-likeness (QED) is 0.523. The number of hydrogen-bond acceptors (Lipinski definition) is 6. The number of rotatable bonds is 2. The van der Waals surface area contributed by atoms with Crippen LogP contribution in [0.3, 0.4) is 0 Å². The van der Waals surface area contributed by atoms with Crippen molar-refractivity contribution in [1.29, 1.82) is 0 Å². The molecule has 0 saturated carbocycles. The Kier molecular flexibility index (Phi) is 3.02. The Balaban J connectivity index is 2.34. The van der Waals surface area contributed by atoms with Gasteiger partial charge in [0.05, 0.1) is 25.9 Å². The normalized spacial score (nSPS) is 21.1. The Hall–Kier alpha value is -1.67. The van der Waals surface area contributed by atoms with Crippen LogP contribution in [0.4, 0.5) is 5.82 Å². The van der Waals surface area contributed by atoms with Gasteiger partial charge in [-0.05, 0) is 0 Å². The number of aliphatic hydroxyl groups excluding tert-OH is 1. The number of hydrogen-bond donors (Lipinski definition) is 3. The largest absolute Gasteiger partial charge is 0.394 e. The van der Waals surface area contributed by atoms with E-state index in [1.54, 1.807) is 4.90 Å². The fraction of sp³-hybridized carbons (Fsp3) is 0.625. The summed E-state index contributed by atoms with van der Waals surface area (Å²) in [5.41, 5.74) is -1.22. The van der Waals surface area contributed by atoms with Crippen molar-refractivity contribution in [3.8, 4) is 0 Å². The van der Waals surface area contributed by atoms with Crippen LogP contribution in [0.15, 0.2) is 9.59 Å². The van der Waals surface area contributed by atoms with Crippen LogP contribution in [0.1, 0.15) is 0 Å². The molecule has 0 radical (unpaired) electrons. The highest BCUT2D eigenvalue weighted by Crippen LogP contribution is 2.11. The lowest BCUT2D eigenvalue weighted by Crippen LogP contribution is -2.50. The van der Waals surface area contributed by atoms with Gasteiger partial charge in [-0.3, -0.25) is 9.78 Å². The van der Waals surface area contributed by atoms with E-state index in [0.717, 1.165) is 0 Å². The lowest BCUT2D eigenvalue weighted by Gasteiger charge is -2.34. The highest BCUT2D eigenvalue weighted by molar-refractivity contribution is 5.36. The number of anilines is 1.